The second kappa shape index (κ2) is 12.5. The smallest absolute Gasteiger partial charge is 0.271 e. The first-order valence-electron chi connectivity index (χ1n) is 15.5. The van der Waals surface area contributed by atoms with Crippen molar-refractivity contribution in [1.82, 2.24) is 20.1 Å². The Kier molecular flexibility index (Phi) is 8.40. The van der Waals surface area contributed by atoms with Crippen molar-refractivity contribution in [1.29, 1.82) is 0 Å². The Morgan fingerprint density at radius 2 is 1.83 bits per heavy atom. The summed E-state index contributed by atoms with van der Waals surface area (Å²) < 4.78 is 46.9. The number of aromatic nitrogens is 1. The summed E-state index contributed by atoms with van der Waals surface area (Å²) in [5.74, 6) is 0.532. The zero-order valence-electron chi connectivity index (χ0n) is 26.4. The highest BCUT2D eigenvalue weighted by atomic mass is 35.5. The zero-order valence-corrected chi connectivity index (χ0v) is 28.0. The van der Waals surface area contributed by atoms with Crippen molar-refractivity contribution in [2.24, 2.45) is 0 Å². The largest absolute Gasteiger partial charge is 0.497 e. The molecule has 250 valence electrons. The Morgan fingerprint density at radius 1 is 1.02 bits per heavy atom. The predicted molar refractivity (Wildman–Crippen MR) is 176 cm³/mol. The van der Waals surface area contributed by atoms with Crippen LogP contribution in [0.4, 0.5) is 5.69 Å². The summed E-state index contributed by atoms with van der Waals surface area (Å²) >= 11 is 6.65. The molecule has 1 aromatic heterocycles. The van der Waals surface area contributed by atoms with Crippen LogP contribution in [0.15, 0.2) is 82.4 Å². The van der Waals surface area contributed by atoms with Gasteiger partial charge in [0.05, 0.1) is 43.6 Å². The predicted octanol–water partition coefficient (Wildman–Crippen LogP) is 4.09. The summed E-state index contributed by atoms with van der Waals surface area (Å²) in [7, 11) is -1.43. The molecule has 3 aliphatic heterocycles. The van der Waals surface area contributed by atoms with E-state index in [2.05, 4.69) is 10.3 Å². The van der Waals surface area contributed by atoms with Crippen LogP contribution in [0.25, 0.3) is 0 Å². The molecular weight excluding hydrogens is 658 g/mol. The van der Waals surface area contributed by atoms with Gasteiger partial charge in [-0.15, -0.1) is 0 Å². The Hall–Kier alpha value is -4.43. The summed E-state index contributed by atoms with van der Waals surface area (Å²) in [6.07, 6.45) is 4.35. The van der Waals surface area contributed by atoms with Crippen LogP contribution in [0.1, 0.15) is 41.5 Å². The molecule has 2 atom stereocenters. The van der Waals surface area contributed by atoms with Gasteiger partial charge in [0, 0.05) is 42.3 Å². The Morgan fingerprint density at radius 3 is 2.54 bits per heavy atom. The van der Waals surface area contributed by atoms with E-state index in [0.29, 0.717) is 72.6 Å². The van der Waals surface area contributed by atoms with E-state index in [-0.39, 0.29) is 23.0 Å². The number of nitrogens with one attached hydrogen (secondary N) is 1. The van der Waals surface area contributed by atoms with Crippen LogP contribution in [-0.2, 0) is 31.7 Å². The highest BCUT2D eigenvalue weighted by Gasteiger charge is 2.62. The van der Waals surface area contributed by atoms with Gasteiger partial charge in [0.25, 0.3) is 15.9 Å². The number of anilines is 1. The molecule has 2 amide bonds. The molecule has 4 heterocycles. The van der Waals surface area contributed by atoms with E-state index in [9.17, 15) is 13.2 Å². The molecule has 12 nitrogen and oxygen atoms in total. The van der Waals surface area contributed by atoms with Gasteiger partial charge in [0.15, 0.2) is 5.54 Å². The summed E-state index contributed by atoms with van der Waals surface area (Å²) in [5.41, 5.74) is 0.192. The number of hydrogen-bond donors (Lipinski definition) is 1. The van der Waals surface area contributed by atoms with Crippen LogP contribution < -0.4 is 19.1 Å². The van der Waals surface area contributed by atoms with Crippen LogP contribution in [0, 0.1) is 0 Å². The van der Waals surface area contributed by atoms with Crippen molar-refractivity contribution < 1.29 is 31.9 Å². The van der Waals surface area contributed by atoms with E-state index in [4.69, 9.17) is 25.5 Å². The molecule has 48 heavy (non-hydrogen) atoms. The summed E-state index contributed by atoms with van der Waals surface area (Å²) in [6.45, 7) is 2.41. The van der Waals surface area contributed by atoms with Gasteiger partial charge in [0.1, 0.15) is 17.8 Å². The number of rotatable bonds is 9. The molecule has 0 bridgehead atoms. The van der Waals surface area contributed by atoms with Gasteiger partial charge in [-0.2, -0.15) is 0 Å². The minimum atomic E-state index is -4.44. The van der Waals surface area contributed by atoms with E-state index in [1.807, 2.05) is 28.0 Å². The van der Waals surface area contributed by atoms with Crippen LogP contribution in [-0.4, -0.2) is 75.4 Å². The molecule has 0 saturated carbocycles. The lowest BCUT2D eigenvalue weighted by molar-refractivity contribution is -0.127. The number of likely N-dealkylation sites (tertiary alicyclic amines) is 1. The fourth-order valence-electron chi connectivity index (χ4n) is 7.17. The normalized spacial score (nSPS) is 21.7. The number of ether oxygens (including phenoxy) is 2. The molecule has 7 rings (SSSR count). The van der Waals surface area contributed by atoms with Crippen LogP contribution in [0.5, 0.6) is 11.5 Å². The number of methoxy groups -OCH3 is 2. The highest BCUT2D eigenvalue weighted by molar-refractivity contribution is 7.93. The first kappa shape index (κ1) is 32.1. The molecule has 4 aromatic rings. The molecule has 0 spiro atoms. The van der Waals surface area contributed by atoms with Crippen molar-refractivity contribution in [2.75, 3.05) is 44.7 Å². The van der Waals surface area contributed by atoms with Gasteiger partial charge < -0.3 is 19.2 Å². The van der Waals surface area contributed by atoms with Crippen molar-refractivity contribution in [3.63, 3.8) is 0 Å². The number of carbonyl (C=O) groups is 2. The van der Waals surface area contributed by atoms with Crippen LogP contribution in [0.3, 0.4) is 0 Å². The molecule has 0 radical (unpaired) electrons. The standard InChI is InChI=1S/C34H34ClN5O7S/c1-45-24-7-9-25(10-8-24)48(43,44)40-28-12-6-23(35)19-27(28)34(33(40)42,39-15-3-4-29(39)32-37-14-17-47-32)26-11-5-22(18-30(26)46-2)20-38-16-13-36-31(41)21-38/h5-12,14,17-19,29H,3-4,13,15-16,20-21H2,1-2H3,(H,36,41)/t29-,34?/m0/s1. The lowest BCUT2D eigenvalue weighted by Crippen LogP contribution is -2.54. The third-order valence-electron chi connectivity index (χ3n) is 9.26. The Labute approximate surface area is 283 Å². The fourth-order valence-corrected chi connectivity index (χ4v) is 8.80. The van der Waals surface area contributed by atoms with Gasteiger partial charge in [-0.3, -0.25) is 19.4 Å². The van der Waals surface area contributed by atoms with Crippen molar-refractivity contribution in [3.05, 3.63) is 101 Å². The average Bonchev–Trinajstić information content (AvgIpc) is 3.84. The fraction of sp³-hybridized carbons (Fsp3) is 0.324. The van der Waals surface area contributed by atoms with E-state index >= 15 is 4.79 Å². The van der Waals surface area contributed by atoms with Crippen molar-refractivity contribution >= 4 is 39.1 Å². The minimum Gasteiger partial charge on any atom is -0.497 e. The highest BCUT2D eigenvalue weighted by Crippen LogP contribution is 2.56. The molecule has 1 N–H and O–H groups in total. The second-order valence-corrected chi connectivity index (χ2v) is 14.2. The summed E-state index contributed by atoms with van der Waals surface area (Å²) in [6, 6.07) is 15.8. The van der Waals surface area contributed by atoms with Gasteiger partial charge >= 0.3 is 0 Å². The number of piperazine rings is 1. The molecule has 1 unspecified atom stereocenters. The quantitative estimate of drug-likeness (QED) is 0.274. The number of halogens is 1. The van der Waals surface area contributed by atoms with Gasteiger partial charge in [-0.1, -0.05) is 23.7 Å². The lowest BCUT2D eigenvalue weighted by atomic mass is 9.80. The minimum absolute atomic E-state index is 0.0430. The number of benzene rings is 3. The van der Waals surface area contributed by atoms with Crippen LogP contribution >= 0.6 is 11.6 Å². The number of oxazole rings is 1. The first-order chi connectivity index (χ1) is 23.2. The Balaban J connectivity index is 1.44. The molecule has 3 aliphatic rings. The summed E-state index contributed by atoms with van der Waals surface area (Å²) in [5, 5.41) is 3.17. The number of fused-ring (bicyclic) bond motifs is 1. The monoisotopic (exact) mass is 691 g/mol. The van der Waals surface area contributed by atoms with Gasteiger partial charge in [0.2, 0.25) is 11.8 Å². The molecule has 2 saturated heterocycles. The maximum Gasteiger partial charge on any atom is 0.271 e. The Bertz CT molecular complexity index is 1970. The van der Waals surface area contributed by atoms with Crippen LogP contribution in [0.2, 0.25) is 5.02 Å². The third kappa shape index (κ3) is 5.21. The van der Waals surface area contributed by atoms with Crippen molar-refractivity contribution in [2.45, 2.75) is 35.9 Å². The number of sulfonamides is 1. The van der Waals surface area contributed by atoms with E-state index in [1.54, 1.807) is 24.4 Å². The average molecular weight is 692 g/mol. The summed E-state index contributed by atoms with van der Waals surface area (Å²) in [4.78, 5) is 35.8. The lowest BCUT2D eigenvalue weighted by Gasteiger charge is -2.41. The zero-order chi connectivity index (χ0) is 33.6. The number of amides is 2. The maximum atomic E-state index is 15.4. The van der Waals surface area contributed by atoms with Gasteiger partial charge in [-0.05, 0) is 66.9 Å². The third-order valence-corrected chi connectivity index (χ3v) is 11.2. The van der Waals surface area contributed by atoms with E-state index in [0.717, 1.165) is 9.87 Å². The maximum absolute atomic E-state index is 15.4. The molecule has 2 fully saturated rings. The molecule has 0 aliphatic carbocycles. The topological polar surface area (TPSA) is 135 Å². The SMILES string of the molecule is COc1ccc(S(=O)(=O)N2C(=O)C(c3ccc(CN4CCNC(=O)C4)cc3OC)(N3CCC[C@H]3c3ncco3)c3cc(Cl)ccc32)cc1. The molecular formula is C34H34ClN5O7S. The van der Waals surface area contributed by atoms with Gasteiger partial charge in [-0.25, -0.2) is 17.7 Å². The first-order valence-corrected chi connectivity index (χ1v) is 17.4. The van der Waals surface area contributed by atoms with E-state index in [1.165, 1.54) is 44.7 Å². The van der Waals surface area contributed by atoms with E-state index < -0.39 is 27.5 Å². The molecule has 3 aromatic carbocycles. The van der Waals surface area contributed by atoms with Crippen molar-refractivity contribution in [3.8, 4) is 11.5 Å². The number of nitrogens with zero attached hydrogens (tertiary/aromatic N) is 4. The number of carbonyl (C=O) groups excluding carboxylic acids is 2. The number of hydrogen-bond acceptors (Lipinski definition) is 10. The molecule has 14 heteroatoms. The second-order valence-electron chi connectivity index (χ2n) is 11.9.